The third-order valence-corrected chi connectivity index (χ3v) is 7.46. The number of nitrogens with zero attached hydrogens (tertiary/aromatic N) is 2. The first-order valence-electron chi connectivity index (χ1n) is 18.6. The molecule has 0 N–H and O–H groups in total. The van der Waals surface area contributed by atoms with Crippen LogP contribution in [0.2, 0.25) is 0 Å². The molecule has 0 fully saturated rings. The highest BCUT2D eigenvalue weighted by Gasteiger charge is 2.22. The number of para-hydroxylation sites is 2. The molecule has 0 amide bonds. The number of aryl methyl sites for hydroxylation is 2. The van der Waals surface area contributed by atoms with Gasteiger partial charge in [-0.1, -0.05) is 89.9 Å². The van der Waals surface area contributed by atoms with Crippen LogP contribution in [0.3, 0.4) is 0 Å². The summed E-state index contributed by atoms with van der Waals surface area (Å²) in [4.78, 5) is 0. The molecule has 0 aliphatic heterocycles. The van der Waals surface area contributed by atoms with Crippen LogP contribution in [0.25, 0.3) is 44.3 Å². The highest BCUT2D eigenvalue weighted by Crippen LogP contribution is 2.37. The van der Waals surface area contributed by atoms with Crippen LogP contribution in [0.4, 0.5) is 0 Å². The van der Waals surface area contributed by atoms with E-state index in [2.05, 4.69) is 0 Å². The Balaban J connectivity index is 1.53. The van der Waals surface area contributed by atoms with Crippen molar-refractivity contribution in [3.63, 3.8) is 0 Å². The molecular formula is C38H40N2. The van der Waals surface area contributed by atoms with E-state index in [9.17, 15) is 2.74 Å². The molecule has 2 nitrogen and oxygen atoms in total. The minimum Gasteiger partial charge on any atom is -0.316 e. The predicted molar refractivity (Wildman–Crippen MR) is 172 cm³/mol. The van der Waals surface area contributed by atoms with Gasteiger partial charge in [0.2, 0.25) is 0 Å². The van der Waals surface area contributed by atoms with Crippen LogP contribution >= 0.6 is 0 Å². The summed E-state index contributed by atoms with van der Waals surface area (Å²) in [6.45, 7) is 15.5. The normalized spacial score (nSPS) is 16.0. The van der Waals surface area contributed by atoms with Crippen LogP contribution in [-0.2, 0) is 10.8 Å². The lowest BCUT2D eigenvalue weighted by Crippen LogP contribution is -2.10. The Hall–Kier alpha value is -4.04. The van der Waals surface area contributed by atoms with Gasteiger partial charge in [-0.2, -0.15) is 0 Å². The van der Waals surface area contributed by atoms with Crippen LogP contribution < -0.4 is 0 Å². The first-order chi connectivity index (χ1) is 23.1. The highest BCUT2D eigenvalue weighted by molar-refractivity contribution is 5.88. The second-order valence-corrected chi connectivity index (χ2v) is 12.6. The van der Waals surface area contributed by atoms with E-state index in [0.717, 1.165) is 22.3 Å². The van der Waals surface area contributed by atoms with Crippen molar-refractivity contribution in [2.24, 2.45) is 0 Å². The van der Waals surface area contributed by atoms with E-state index in [1.165, 1.54) is 0 Å². The first-order valence-corrected chi connectivity index (χ1v) is 13.6. The SMILES string of the molecule is [2H]c1c([2H])c([2H])c2c(c1[2H])c(C(C)(C)C)c([2H])n2-c1ccc(-c2ccc(-n3c([2H])c(C(C)(C)C)c4c([2H])c([2H])c([2H])c([2H])c43)cc2C)c(C)c1. The van der Waals surface area contributed by atoms with Crippen molar-refractivity contribution < 1.29 is 13.7 Å². The van der Waals surface area contributed by atoms with Gasteiger partial charge in [-0.3, -0.25) is 0 Å². The summed E-state index contributed by atoms with van der Waals surface area (Å²) in [5.74, 6) is 0. The molecule has 0 aliphatic rings. The molecule has 0 saturated heterocycles. The minimum absolute atomic E-state index is 0.116. The van der Waals surface area contributed by atoms with Crippen LogP contribution in [0, 0.1) is 13.8 Å². The number of rotatable bonds is 3. The molecule has 0 spiro atoms. The first kappa shape index (κ1) is 16.9. The third-order valence-electron chi connectivity index (χ3n) is 7.46. The molecular weight excluding hydrogens is 484 g/mol. The molecule has 6 rings (SSSR count). The summed E-state index contributed by atoms with van der Waals surface area (Å²) in [5.41, 5.74) is 5.36. The zero-order valence-electron chi connectivity index (χ0n) is 34.4. The number of fused-ring (bicyclic) bond motifs is 2. The Bertz CT molecular complexity index is 2250. The Labute approximate surface area is 253 Å². The van der Waals surface area contributed by atoms with E-state index >= 15 is 0 Å². The molecule has 0 atom stereocenters. The molecule has 2 heterocycles. The lowest BCUT2D eigenvalue weighted by atomic mass is 9.87. The maximum Gasteiger partial charge on any atom is 0.0826 e. The highest BCUT2D eigenvalue weighted by atomic mass is 15.0. The van der Waals surface area contributed by atoms with Gasteiger partial charge in [-0.05, 0) is 94.4 Å². The van der Waals surface area contributed by atoms with E-state index in [0.29, 0.717) is 33.3 Å². The predicted octanol–water partition coefficient (Wildman–Crippen LogP) is 10.5. The standard InChI is InChI=1S/C38H40N2/c1-25-21-27(39-23-33(37(3,4)5)31-13-9-11-15-35(31)39)17-19-29(25)30-20-18-28(22-26(30)2)40-24-34(38(6,7)8)32-14-10-12-16-36(32)40/h9-24H,1-8H3/i9D,10D,11D,12D,13D,14D,15D,16D,23D,24D. The average molecular weight is 535 g/mol. The van der Waals surface area contributed by atoms with Crippen LogP contribution in [0.15, 0.2) is 97.1 Å². The van der Waals surface area contributed by atoms with Crippen molar-refractivity contribution in [3.05, 3.63) is 119 Å². The minimum atomic E-state index is -0.557. The zero-order valence-corrected chi connectivity index (χ0v) is 24.4. The largest absolute Gasteiger partial charge is 0.316 e. The molecule has 2 heteroatoms. The Morgan fingerprint density at radius 2 is 0.925 bits per heavy atom. The van der Waals surface area contributed by atoms with Crippen LogP contribution in [0.5, 0.6) is 0 Å². The second kappa shape index (κ2) is 9.27. The molecule has 0 aliphatic carbocycles. The van der Waals surface area contributed by atoms with Gasteiger partial charge in [0.15, 0.2) is 0 Å². The van der Waals surface area contributed by atoms with Crippen molar-refractivity contribution >= 4 is 21.8 Å². The number of hydrogen-bond donors (Lipinski definition) is 0. The van der Waals surface area contributed by atoms with Crippen molar-refractivity contribution in [1.82, 2.24) is 9.13 Å². The van der Waals surface area contributed by atoms with Crippen LogP contribution in [-0.4, -0.2) is 9.13 Å². The van der Waals surface area contributed by atoms with Gasteiger partial charge in [0, 0.05) is 34.5 Å². The molecule has 40 heavy (non-hydrogen) atoms. The fraction of sp³-hybridized carbons (Fsp3) is 0.263. The lowest BCUT2D eigenvalue weighted by molar-refractivity contribution is 0.594. The molecule has 0 saturated carbocycles. The van der Waals surface area contributed by atoms with E-state index < -0.39 is 10.8 Å². The fourth-order valence-electron chi connectivity index (χ4n) is 5.41. The van der Waals surface area contributed by atoms with Crippen molar-refractivity contribution in [3.8, 4) is 22.5 Å². The monoisotopic (exact) mass is 534 g/mol. The Morgan fingerprint density at radius 1 is 0.550 bits per heavy atom. The third kappa shape index (κ3) is 4.36. The van der Waals surface area contributed by atoms with E-state index in [1.54, 1.807) is 9.13 Å². The summed E-state index contributed by atoms with van der Waals surface area (Å²) in [6.07, 6.45) is 0.231. The summed E-state index contributed by atoms with van der Waals surface area (Å²) in [7, 11) is 0. The quantitative estimate of drug-likeness (QED) is 0.214. The van der Waals surface area contributed by atoms with Gasteiger partial charge in [-0.15, -0.1) is 0 Å². The summed E-state index contributed by atoms with van der Waals surface area (Å²) >= 11 is 0. The van der Waals surface area contributed by atoms with Gasteiger partial charge >= 0.3 is 0 Å². The van der Waals surface area contributed by atoms with E-state index in [1.807, 2.05) is 91.8 Å². The van der Waals surface area contributed by atoms with Gasteiger partial charge in [-0.25, -0.2) is 0 Å². The maximum atomic E-state index is 9.21. The van der Waals surface area contributed by atoms with Crippen LogP contribution in [0.1, 0.15) is 77.5 Å². The van der Waals surface area contributed by atoms with Crippen molar-refractivity contribution in [2.45, 2.75) is 66.2 Å². The summed E-state index contributed by atoms with van der Waals surface area (Å²) in [5, 5.41) is 0.708. The molecule has 0 bridgehead atoms. The Morgan fingerprint density at radius 3 is 1.27 bits per heavy atom. The molecule has 6 aromatic rings. The molecule has 2 aromatic heterocycles. The molecule has 4 aromatic carbocycles. The molecule has 202 valence electrons. The zero-order chi connectivity index (χ0) is 37.1. The van der Waals surface area contributed by atoms with Gasteiger partial charge in [0.25, 0.3) is 0 Å². The summed E-state index contributed by atoms with van der Waals surface area (Å²) < 4.78 is 89.9. The smallest absolute Gasteiger partial charge is 0.0826 e. The van der Waals surface area contributed by atoms with Gasteiger partial charge < -0.3 is 9.13 Å². The number of hydrogen-bond acceptors (Lipinski definition) is 0. The van der Waals surface area contributed by atoms with Gasteiger partial charge in [0.1, 0.15) is 0 Å². The number of benzene rings is 4. The maximum absolute atomic E-state index is 9.21. The number of aromatic nitrogens is 2. The second-order valence-electron chi connectivity index (χ2n) is 12.6. The molecule has 0 radical (unpaired) electrons. The summed E-state index contributed by atoms with van der Waals surface area (Å²) in [6, 6.07) is 9.40. The van der Waals surface area contributed by atoms with E-state index in [4.69, 9.17) is 11.0 Å². The topological polar surface area (TPSA) is 9.86 Å². The van der Waals surface area contributed by atoms with Crippen molar-refractivity contribution in [1.29, 1.82) is 0 Å². The van der Waals surface area contributed by atoms with E-state index in [-0.39, 0.29) is 71.7 Å². The average Bonchev–Trinajstić information content (AvgIpc) is 3.52. The Kier molecular flexibility index (Phi) is 3.92. The fourth-order valence-corrected chi connectivity index (χ4v) is 5.41. The lowest BCUT2D eigenvalue weighted by Gasteiger charge is -2.17. The van der Waals surface area contributed by atoms with Gasteiger partial charge in [0.05, 0.1) is 24.7 Å². The molecule has 0 unspecified atom stereocenters. The van der Waals surface area contributed by atoms with Crippen molar-refractivity contribution in [2.75, 3.05) is 0 Å².